The largest absolute Gasteiger partial charge is 0.455 e. The minimum atomic E-state index is -1.53. The number of likely N-dealkylation sites (N-methyl/N-ethyl adjacent to an activating group) is 1. The summed E-state index contributed by atoms with van der Waals surface area (Å²) in [7, 11) is 1.47. The number of carbonyl (C=O) groups is 4. The Morgan fingerprint density at radius 3 is 1.94 bits per heavy atom. The van der Waals surface area contributed by atoms with Crippen LogP contribution in [0, 0.1) is 6.92 Å². The maximum Gasteiger partial charge on any atom is 0.303 e. The molecular weight excluding hydrogens is 424 g/mol. The van der Waals surface area contributed by atoms with E-state index in [1.165, 1.54) is 11.9 Å². The van der Waals surface area contributed by atoms with Gasteiger partial charge in [-0.15, -0.1) is 0 Å². The second kappa shape index (κ2) is 10.6. The van der Waals surface area contributed by atoms with Gasteiger partial charge in [0.25, 0.3) is 5.91 Å². The summed E-state index contributed by atoms with van der Waals surface area (Å²) >= 11 is 0. The van der Waals surface area contributed by atoms with E-state index in [0.29, 0.717) is 5.69 Å². The average molecular weight is 448 g/mol. The molecular formula is C20H24N4O8. The van der Waals surface area contributed by atoms with E-state index in [1.807, 2.05) is 6.92 Å². The average Bonchev–Trinajstić information content (AvgIpc) is 2.70. The van der Waals surface area contributed by atoms with E-state index in [1.54, 1.807) is 24.3 Å². The van der Waals surface area contributed by atoms with Gasteiger partial charge < -0.3 is 23.8 Å². The number of carbonyl (C=O) groups excluding carboxylic acids is 4. The second-order valence-electron chi connectivity index (χ2n) is 7.11. The summed E-state index contributed by atoms with van der Waals surface area (Å²) < 4.78 is 21.3. The Morgan fingerprint density at radius 1 is 0.938 bits per heavy atom. The van der Waals surface area contributed by atoms with Gasteiger partial charge in [-0.25, -0.2) is 0 Å². The Hall–Kier alpha value is -3.63. The first kappa shape index (κ1) is 24.6. The molecule has 12 nitrogen and oxygen atoms in total. The zero-order chi connectivity index (χ0) is 24.0. The molecule has 0 saturated carbocycles. The number of hydrogen-bond donors (Lipinski definition) is 0. The van der Waals surface area contributed by atoms with Crippen LogP contribution in [0.25, 0.3) is 10.4 Å². The van der Waals surface area contributed by atoms with Crippen molar-refractivity contribution in [3.8, 4) is 0 Å². The number of anilines is 1. The summed E-state index contributed by atoms with van der Waals surface area (Å²) in [5.74, 6) is -3.06. The number of aryl methyl sites for hydroxylation is 1. The van der Waals surface area contributed by atoms with E-state index in [4.69, 9.17) is 24.5 Å². The molecule has 1 aliphatic heterocycles. The molecule has 0 spiro atoms. The summed E-state index contributed by atoms with van der Waals surface area (Å²) in [4.78, 5) is 52.4. The van der Waals surface area contributed by atoms with Crippen LogP contribution in [0.2, 0.25) is 0 Å². The highest BCUT2D eigenvalue weighted by atomic mass is 16.7. The fraction of sp³-hybridized carbons (Fsp3) is 0.500. The number of amides is 1. The lowest BCUT2D eigenvalue weighted by Gasteiger charge is -2.43. The van der Waals surface area contributed by atoms with E-state index in [2.05, 4.69) is 10.0 Å². The molecule has 1 aromatic rings. The number of rotatable bonds is 6. The Morgan fingerprint density at radius 2 is 1.44 bits per heavy atom. The highest BCUT2D eigenvalue weighted by Crippen LogP contribution is 2.31. The van der Waals surface area contributed by atoms with E-state index in [-0.39, 0.29) is 0 Å². The van der Waals surface area contributed by atoms with Crippen LogP contribution in [0.5, 0.6) is 0 Å². The van der Waals surface area contributed by atoms with Crippen LogP contribution < -0.4 is 4.90 Å². The quantitative estimate of drug-likeness (QED) is 0.209. The van der Waals surface area contributed by atoms with Crippen molar-refractivity contribution in [3.63, 3.8) is 0 Å². The number of azide groups is 1. The predicted molar refractivity (Wildman–Crippen MR) is 109 cm³/mol. The lowest BCUT2D eigenvalue weighted by Crippen LogP contribution is -2.64. The van der Waals surface area contributed by atoms with Crippen LogP contribution in [-0.4, -0.2) is 61.5 Å². The number of benzene rings is 1. The first-order valence-electron chi connectivity index (χ1n) is 9.60. The monoisotopic (exact) mass is 448 g/mol. The number of hydrogen-bond acceptors (Lipinski definition) is 9. The van der Waals surface area contributed by atoms with Gasteiger partial charge in [-0.05, 0) is 24.6 Å². The molecule has 0 aromatic heterocycles. The third kappa shape index (κ3) is 5.96. The zero-order valence-corrected chi connectivity index (χ0v) is 18.3. The molecule has 5 atom stereocenters. The molecule has 0 bridgehead atoms. The molecule has 1 aromatic carbocycles. The minimum Gasteiger partial charge on any atom is -0.455 e. The van der Waals surface area contributed by atoms with E-state index < -0.39 is 54.5 Å². The Bertz CT molecular complexity index is 928. The van der Waals surface area contributed by atoms with Crippen LogP contribution in [-0.2, 0) is 38.1 Å². The Balaban J connectivity index is 2.51. The van der Waals surface area contributed by atoms with E-state index in [9.17, 15) is 19.2 Å². The lowest BCUT2D eigenvalue weighted by atomic mass is 9.96. The molecule has 172 valence electrons. The molecule has 1 heterocycles. The Kier molecular flexibility index (Phi) is 8.16. The second-order valence-corrected chi connectivity index (χ2v) is 7.11. The molecule has 0 N–H and O–H groups in total. The van der Waals surface area contributed by atoms with Crippen LogP contribution >= 0.6 is 0 Å². The molecule has 1 amide bonds. The van der Waals surface area contributed by atoms with Crippen molar-refractivity contribution in [2.24, 2.45) is 5.11 Å². The number of esters is 3. The van der Waals surface area contributed by atoms with Crippen LogP contribution in [0.4, 0.5) is 5.69 Å². The third-order valence-electron chi connectivity index (χ3n) is 4.58. The van der Waals surface area contributed by atoms with Crippen molar-refractivity contribution in [1.29, 1.82) is 0 Å². The molecule has 2 rings (SSSR count). The van der Waals surface area contributed by atoms with E-state index in [0.717, 1.165) is 26.3 Å². The molecule has 1 saturated heterocycles. The van der Waals surface area contributed by atoms with Crippen LogP contribution in [0.3, 0.4) is 0 Å². The maximum absolute atomic E-state index is 13.3. The van der Waals surface area contributed by atoms with Crippen molar-refractivity contribution >= 4 is 29.5 Å². The van der Waals surface area contributed by atoms with Crippen molar-refractivity contribution < 1.29 is 38.1 Å². The number of nitrogens with zero attached hydrogens (tertiary/aromatic N) is 4. The predicted octanol–water partition coefficient (Wildman–Crippen LogP) is 1.79. The topological polar surface area (TPSA) is 157 Å². The molecule has 0 radical (unpaired) electrons. The normalized spacial score (nSPS) is 24.5. The van der Waals surface area contributed by atoms with E-state index >= 15 is 0 Å². The molecule has 32 heavy (non-hydrogen) atoms. The summed E-state index contributed by atoms with van der Waals surface area (Å²) in [5.41, 5.74) is 10.4. The lowest BCUT2D eigenvalue weighted by molar-refractivity contribution is -0.242. The van der Waals surface area contributed by atoms with Gasteiger partial charge in [0.2, 0.25) is 0 Å². The first-order valence-corrected chi connectivity index (χ1v) is 9.60. The van der Waals surface area contributed by atoms with Crippen molar-refractivity contribution in [1.82, 2.24) is 0 Å². The highest BCUT2D eigenvalue weighted by Gasteiger charge is 2.54. The molecule has 12 heteroatoms. The Labute approximate surface area is 184 Å². The summed E-state index contributed by atoms with van der Waals surface area (Å²) in [5, 5.41) is 3.44. The minimum absolute atomic E-state index is 0.511. The van der Waals surface area contributed by atoms with Crippen molar-refractivity contribution in [2.75, 3.05) is 11.9 Å². The van der Waals surface area contributed by atoms with Gasteiger partial charge in [-0.1, -0.05) is 22.8 Å². The van der Waals surface area contributed by atoms with Gasteiger partial charge in [0.15, 0.2) is 30.6 Å². The standard InChI is InChI=1S/C20H24N4O8/c1-10-6-8-14(9-7-10)24(5)20(28)18-16(30-12(3)26)15(29-11(2)25)17(31-13(4)27)19(32-18)22-23-21/h6-9,15-19H,1-5H3/t15-,16-,17+,18-,19?/m0/s1. The molecule has 0 aliphatic carbocycles. The van der Waals surface area contributed by atoms with Crippen LogP contribution in [0.15, 0.2) is 29.4 Å². The molecule has 1 unspecified atom stereocenters. The maximum atomic E-state index is 13.3. The fourth-order valence-electron chi connectivity index (χ4n) is 3.22. The first-order chi connectivity index (χ1) is 15.0. The highest BCUT2D eigenvalue weighted by molar-refractivity contribution is 5.97. The number of ether oxygens (including phenoxy) is 4. The van der Waals surface area contributed by atoms with Gasteiger partial charge in [-0.2, -0.15) is 0 Å². The van der Waals surface area contributed by atoms with Gasteiger partial charge in [0.05, 0.1) is 0 Å². The fourth-order valence-corrected chi connectivity index (χ4v) is 3.22. The summed E-state index contributed by atoms with van der Waals surface area (Å²) in [6, 6.07) is 7.00. The summed E-state index contributed by atoms with van der Waals surface area (Å²) in [6.07, 6.45) is -7.46. The van der Waals surface area contributed by atoms with Gasteiger partial charge in [0.1, 0.15) is 0 Å². The third-order valence-corrected chi connectivity index (χ3v) is 4.58. The SMILES string of the molecule is CC(=O)O[C@H]1[C@H](OC(C)=O)[C@@H](OC(C)=O)C(N=[N+]=[N-])O[C@@H]1C(=O)N(C)c1ccc(C)cc1. The molecule has 1 fully saturated rings. The van der Waals surface area contributed by atoms with Gasteiger partial charge in [0, 0.05) is 38.4 Å². The molecule has 1 aliphatic rings. The van der Waals surface area contributed by atoms with Crippen molar-refractivity contribution in [2.45, 2.75) is 58.3 Å². The smallest absolute Gasteiger partial charge is 0.303 e. The van der Waals surface area contributed by atoms with Gasteiger partial charge in [-0.3, -0.25) is 19.2 Å². The summed E-state index contributed by atoms with van der Waals surface area (Å²) in [6.45, 7) is 5.15. The zero-order valence-electron chi connectivity index (χ0n) is 18.3. The van der Waals surface area contributed by atoms with Crippen LogP contribution in [0.1, 0.15) is 26.3 Å². The van der Waals surface area contributed by atoms with Gasteiger partial charge >= 0.3 is 17.9 Å². The van der Waals surface area contributed by atoms with Crippen molar-refractivity contribution in [3.05, 3.63) is 40.3 Å².